The van der Waals surface area contributed by atoms with Crippen molar-refractivity contribution in [1.29, 1.82) is 5.26 Å². The topological polar surface area (TPSA) is 64.9 Å². The van der Waals surface area contributed by atoms with E-state index in [0.717, 1.165) is 30.4 Å². The number of fused-ring (bicyclic) bond motifs is 1. The van der Waals surface area contributed by atoms with Crippen LogP contribution in [-0.2, 0) is 17.6 Å². The second-order valence-electron chi connectivity index (χ2n) is 6.50. The molecule has 3 rings (SSSR count). The van der Waals surface area contributed by atoms with E-state index in [1.165, 1.54) is 11.0 Å². The van der Waals surface area contributed by atoms with Crippen LogP contribution in [0, 0.1) is 17.2 Å². The Morgan fingerprint density at radius 3 is 2.85 bits per heavy atom. The summed E-state index contributed by atoms with van der Waals surface area (Å²) in [6.07, 6.45) is 6.08. The number of halogens is 1. The van der Waals surface area contributed by atoms with Crippen LogP contribution in [0.1, 0.15) is 34.9 Å². The number of hydrogen-bond acceptors (Lipinski definition) is 4. The molecule has 1 aliphatic rings. The molecule has 2 aromatic rings. The molecule has 1 aromatic heterocycles. The van der Waals surface area contributed by atoms with Crippen LogP contribution >= 0.6 is 35.2 Å². The maximum atomic E-state index is 12.1. The van der Waals surface area contributed by atoms with E-state index in [1.807, 2.05) is 12.1 Å². The predicted octanol–water partition coefficient (Wildman–Crippen LogP) is 4.92. The lowest BCUT2D eigenvalue weighted by Crippen LogP contribution is -2.32. The second-order valence-corrected chi connectivity index (χ2v) is 8.45. The van der Waals surface area contributed by atoms with E-state index < -0.39 is 0 Å². The average Bonchev–Trinajstić information content (AvgIpc) is 2.96. The highest BCUT2D eigenvalue weighted by atomic mass is 35.5. The molecule has 7 heteroatoms. The van der Waals surface area contributed by atoms with Gasteiger partial charge in [-0.2, -0.15) is 5.26 Å². The molecule has 1 aliphatic carbocycles. The Hall–Kier alpha value is -2.20. The molecule has 0 aliphatic heterocycles. The summed E-state index contributed by atoms with van der Waals surface area (Å²) < 4.78 is 0. The summed E-state index contributed by atoms with van der Waals surface area (Å²) >= 11 is 12.6. The molecule has 0 saturated carbocycles. The first kappa shape index (κ1) is 19.6. The van der Waals surface area contributed by atoms with Crippen molar-refractivity contribution in [3.05, 3.63) is 56.9 Å². The van der Waals surface area contributed by atoms with Crippen LogP contribution < -0.4 is 10.6 Å². The Bertz CT molecular complexity index is 941. The van der Waals surface area contributed by atoms with Gasteiger partial charge in [0.2, 0.25) is 5.91 Å². The SMILES string of the molecule is C[C@@H]1CCc2c(sc(NC(=S)NC(=O)/C=C/c3ccc(Cl)cc3)c2C#N)C1. The molecular weight excluding hydrogens is 398 g/mol. The Kier molecular flexibility index (Phi) is 6.27. The summed E-state index contributed by atoms with van der Waals surface area (Å²) in [4.78, 5) is 13.3. The van der Waals surface area contributed by atoms with Crippen molar-refractivity contribution in [2.75, 3.05) is 5.32 Å². The number of carbonyl (C=O) groups is 1. The molecule has 1 atom stereocenters. The number of thiocarbonyl (C=S) groups is 1. The molecule has 0 spiro atoms. The Morgan fingerprint density at radius 2 is 2.15 bits per heavy atom. The predicted molar refractivity (Wildman–Crippen MR) is 115 cm³/mol. The summed E-state index contributed by atoms with van der Waals surface area (Å²) in [7, 11) is 0. The maximum Gasteiger partial charge on any atom is 0.250 e. The Balaban J connectivity index is 1.63. The number of nitrogens with one attached hydrogen (secondary N) is 2. The minimum atomic E-state index is -0.337. The number of thiophene rings is 1. The molecule has 2 N–H and O–H groups in total. The van der Waals surface area contributed by atoms with Gasteiger partial charge in [-0.25, -0.2) is 0 Å². The summed E-state index contributed by atoms with van der Waals surface area (Å²) in [5, 5.41) is 16.7. The quantitative estimate of drug-likeness (QED) is 0.551. The van der Waals surface area contributed by atoms with Gasteiger partial charge < -0.3 is 5.32 Å². The van der Waals surface area contributed by atoms with Gasteiger partial charge in [-0.3, -0.25) is 10.1 Å². The van der Waals surface area contributed by atoms with Crippen LogP contribution in [0.5, 0.6) is 0 Å². The number of benzene rings is 1. The summed E-state index contributed by atoms with van der Waals surface area (Å²) in [6, 6.07) is 9.43. The number of hydrogen-bond donors (Lipinski definition) is 2. The lowest BCUT2D eigenvalue weighted by atomic mass is 9.89. The molecule has 138 valence electrons. The van der Waals surface area contributed by atoms with Gasteiger partial charge in [0.05, 0.1) is 5.56 Å². The molecule has 0 bridgehead atoms. The van der Waals surface area contributed by atoms with Gasteiger partial charge in [0.15, 0.2) is 5.11 Å². The zero-order valence-electron chi connectivity index (χ0n) is 14.7. The lowest BCUT2D eigenvalue weighted by Gasteiger charge is -2.17. The van der Waals surface area contributed by atoms with Crippen molar-refractivity contribution in [3.63, 3.8) is 0 Å². The van der Waals surface area contributed by atoms with Crippen LogP contribution in [0.3, 0.4) is 0 Å². The normalized spacial score (nSPS) is 15.8. The number of rotatable bonds is 3. The van der Waals surface area contributed by atoms with Crippen molar-refractivity contribution < 1.29 is 4.79 Å². The first-order valence-electron chi connectivity index (χ1n) is 8.56. The van der Waals surface area contributed by atoms with Gasteiger partial charge in [0, 0.05) is 16.0 Å². The lowest BCUT2D eigenvalue weighted by molar-refractivity contribution is -0.115. The smallest absolute Gasteiger partial charge is 0.250 e. The molecule has 0 saturated heterocycles. The first-order valence-corrected chi connectivity index (χ1v) is 10.2. The molecule has 1 heterocycles. The van der Waals surface area contributed by atoms with Gasteiger partial charge in [-0.1, -0.05) is 30.7 Å². The standard InChI is InChI=1S/C20H18ClN3OS2/c1-12-2-8-15-16(11-22)19(27-17(15)10-12)24-20(26)23-18(25)9-5-13-3-6-14(21)7-4-13/h3-7,9,12H,2,8,10H2,1H3,(H2,23,24,25,26)/b9-5+/t12-/m1/s1. The van der Waals surface area contributed by atoms with Crippen molar-refractivity contribution in [1.82, 2.24) is 5.32 Å². The third-order valence-electron chi connectivity index (χ3n) is 4.38. The number of nitrogens with zero attached hydrogens (tertiary/aromatic N) is 1. The van der Waals surface area contributed by atoms with Crippen molar-refractivity contribution in [2.45, 2.75) is 26.2 Å². The largest absolute Gasteiger partial charge is 0.323 e. The number of anilines is 1. The van der Waals surface area contributed by atoms with E-state index in [1.54, 1.807) is 29.5 Å². The van der Waals surface area contributed by atoms with Gasteiger partial charge >= 0.3 is 0 Å². The first-order chi connectivity index (χ1) is 13.0. The van der Waals surface area contributed by atoms with Crippen LogP contribution in [-0.4, -0.2) is 11.0 Å². The van der Waals surface area contributed by atoms with E-state index in [4.69, 9.17) is 23.8 Å². The highest BCUT2D eigenvalue weighted by Crippen LogP contribution is 2.39. The van der Waals surface area contributed by atoms with Crippen LogP contribution in [0.4, 0.5) is 5.00 Å². The minimum Gasteiger partial charge on any atom is -0.323 e. The average molecular weight is 416 g/mol. The van der Waals surface area contributed by atoms with Gasteiger partial charge in [0.1, 0.15) is 11.1 Å². The summed E-state index contributed by atoms with van der Waals surface area (Å²) in [6.45, 7) is 2.22. The molecule has 0 radical (unpaired) electrons. The molecule has 27 heavy (non-hydrogen) atoms. The molecule has 0 unspecified atom stereocenters. The highest BCUT2D eigenvalue weighted by Gasteiger charge is 2.24. The number of nitriles is 1. The van der Waals surface area contributed by atoms with E-state index >= 15 is 0 Å². The van der Waals surface area contributed by atoms with Crippen molar-refractivity contribution in [3.8, 4) is 6.07 Å². The van der Waals surface area contributed by atoms with Crippen molar-refractivity contribution >= 4 is 57.3 Å². The van der Waals surface area contributed by atoms with Gasteiger partial charge in [-0.05, 0) is 66.7 Å². The van der Waals surface area contributed by atoms with E-state index in [2.05, 4.69) is 23.6 Å². The van der Waals surface area contributed by atoms with Crippen molar-refractivity contribution in [2.24, 2.45) is 5.92 Å². The third kappa shape index (κ3) is 4.95. The zero-order valence-corrected chi connectivity index (χ0v) is 17.1. The van der Waals surface area contributed by atoms with Crippen LogP contribution in [0.15, 0.2) is 30.3 Å². The van der Waals surface area contributed by atoms with Crippen LogP contribution in [0.2, 0.25) is 5.02 Å². The maximum absolute atomic E-state index is 12.1. The van der Waals surface area contributed by atoms with E-state index in [9.17, 15) is 10.1 Å². The minimum absolute atomic E-state index is 0.184. The molecule has 0 fully saturated rings. The number of amides is 1. The second kappa shape index (κ2) is 8.66. The summed E-state index contributed by atoms with van der Waals surface area (Å²) in [5.41, 5.74) is 2.63. The Labute approximate surface area is 172 Å². The third-order valence-corrected chi connectivity index (χ3v) is 6.01. The molecule has 4 nitrogen and oxygen atoms in total. The van der Waals surface area contributed by atoms with E-state index in [-0.39, 0.29) is 11.0 Å². The fourth-order valence-corrected chi connectivity index (χ4v) is 4.75. The number of carbonyl (C=O) groups excluding carboxylic acids is 1. The fourth-order valence-electron chi connectivity index (χ4n) is 2.99. The van der Waals surface area contributed by atoms with Gasteiger partial charge in [-0.15, -0.1) is 11.3 Å². The monoisotopic (exact) mass is 415 g/mol. The zero-order chi connectivity index (χ0) is 19.4. The summed E-state index contributed by atoms with van der Waals surface area (Å²) in [5.74, 6) is 0.288. The molecule has 1 amide bonds. The molecular formula is C20H18ClN3OS2. The van der Waals surface area contributed by atoms with Crippen LogP contribution in [0.25, 0.3) is 6.08 Å². The highest BCUT2D eigenvalue weighted by molar-refractivity contribution is 7.80. The van der Waals surface area contributed by atoms with E-state index in [0.29, 0.717) is 21.5 Å². The fraction of sp³-hybridized carbons (Fsp3) is 0.250. The van der Waals surface area contributed by atoms with Gasteiger partial charge in [0.25, 0.3) is 0 Å². The Morgan fingerprint density at radius 1 is 1.41 bits per heavy atom. The molecule has 1 aromatic carbocycles.